The van der Waals surface area contributed by atoms with E-state index in [2.05, 4.69) is 50.0 Å². The van der Waals surface area contributed by atoms with Gasteiger partial charge in [0, 0.05) is 30.5 Å². The molecule has 0 spiro atoms. The molecule has 2 N–H and O–H groups in total. The summed E-state index contributed by atoms with van der Waals surface area (Å²) in [5.41, 5.74) is 2.60. The molecule has 0 unspecified atom stereocenters. The van der Waals surface area contributed by atoms with Gasteiger partial charge in [-0.2, -0.15) is 0 Å². The summed E-state index contributed by atoms with van der Waals surface area (Å²) in [5, 5.41) is 14.5. The van der Waals surface area contributed by atoms with Crippen molar-refractivity contribution in [3.63, 3.8) is 0 Å². The highest BCUT2D eigenvalue weighted by atomic mass is 16.2. The molecule has 142 valence electrons. The first kappa shape index (κ1) is 17.8. The van der Waals surface area contributed by atoms with Crippen molar-refractivity contribution >= 4 is 23.1 Å². The Hall–Kier alpha value is -2.63. The third-order valence-corrected chi connectivity index (χ3v) is 5.45. The van der Waals surface area contributed by atoms with E-state index in [9.17, 15) is 4.79 Å². The van der Waals surface area contributed by atoms with E-state index in [1.54, 1.807) is 12.1 Å². The predicted octanol–water partition coefficient (Wildman–Crippen LogP) is 3.88. The molecule has 1 saturated heterocycles. The number of nitrogens with one attached hydrogen (secondary N) is 2. The minimum atomic E-state index is -0.133. The molecule has 27 heavy (non-hydrogen) atoms. The van der Waals surface area contributed by atoms with Crippen molar-refractivity contribution in [2.75, 3.05) is 23.3 Å². The van der Waals surface area contributed by atoms with Gasteiger partial charge in [0.25, 0.3) is 5.91 Å². The van der Waals surface area contributed by atoms with E-state index >= 15 is 0 Å². The van der Waals surface area contributed by atoms with Crippen LogP contribution in [-0.4, -0.2) is 35.2 Å². The maximum absolute atomic E-state index is 12.2. The zero-order chi connectivity index (χ0) is 18.5. The summed E-state index contributed by atoms with van der Waals surface area (Å²) in [6.07, 6.45) is 8.39. The second-order valence-electron chi connectivity index (χ2n) is 7.48. The zero-order valence-electron chi connectivity index (χ0n) is 15.7. The zero-order valence-corrected chi connectivity index (χ0v) is 15.7. The molecule has 1 aromatic carbocycles. The monoisotopic (exact) mass is 365 g/mol. The molecule has 1 aliphatic carbocycles. The molecular weight excluding hydrogens is 338 g/mol. The lowest BCUT2D eigenvalue weighted by Gasteiger charge is -2.28. The molecule has 1 amide bonds. The Morgan fingerprint density at radius 3 is 2.30 bits per heavy atom. The van der Waals surface area contributed by atoms with Crippen LogP contribution >= 0.6 is 0 Å². The standard InChI is InChI=1S/C21H27N5O/c27-21(23-16-6-2-3-7-16)19-12-13-20(25-24-19)22-17-8-10-18(11-9-17)26-14-4-1-5-15-26/h8-13,16H,1-7,14-15H2,(H,22,25)(H,23,27). The van der Waals surface area contributed by atoms with Crippen LogP contribution in [0.4, 0.5) is 17.2 Å². The van der Waals surface area contributed by atoms with Crippen LogP contribution in [0.5, 0.6) is 0 Å². The number of benzene rings is 1. The first-order chi connectivity index (χ1) is 13.3. The number of hydrogen-bond donors (Lipinski definition) is 2. The number of piperidine rings is 1. The number of anilines is 3. The molecule has 1 saturated carbocycles. The lowest BCUT2D eigenvalue weighted by atomic mass is 10.1. The summed E-state index contributed by atoms with van der Waals surface area (Å²) < 4.78 is 0. The van der Waals surface area contributed by atoms with Crippen LogP contribution in [0.1, 0.15) is 55.4 Å². The normalized spacial score (nSPS) is 17.7. The van der Waals surface area contributed by atoms with Crippen molar-refractivity contribution in [3.8, 4) is 0 Å². The van der Waals surface area contributed by atoms with Crippen molar-refractivity contribution in [3.05, 3.63) is 42.1 Å². The number of aromatic nitrogens is 2. The lowest BCUT2D eigenvalue weighted by molar-refractivity contribution is 0.0932. The Morgan fingerprint density at radius 1 is 0.889 bits per heavy atom. The summed E-state index contributed by atoms with van der Waals surface area (Å²) in [5.74, 6) is 0.505. The summed E-state index contributed by atoms with van der Waals surface area (Å²) in [4.78, 5) is 14.7. The van der Waals surface area contributed by atoms with Gasteiger partial charge in [-0.15, -0.1) is 10.2 Å². The second-order valence-corrected chi connectivity index (χ2v) is 7.48. The van der Waals surface area contributed by atoms with Gasteiger partial charge < -0.3 is 15.5 Å². The fourth-order valence-corrected chi connectivity index (χ4v) is 3.91. The first-order valence-corrected chi connectivity index (χ1v) is 10.0. The fourth-order valence-electron chi connectivity index (χ4n) is 3.91. The van der Waals surface area contributed by atoms with E-state index in [0.29, 0.717) is 11.5 Å². The predicted molar refractivity (Wildman–Crippen MR) is 108 cm³/mol. The van der Waals surface area contributed by atoms with Gasteiger partial charge in [0.15, 0.2) is 11.5 Å². The number of rotatable bonds is 5. The highest BCUT2D eigenvalue weighted by Gasteiger charge is 2.18. The molecule has 2 heterocycles. The number of hydrogen-bond acceptors (Lipinski definition) is 5. The third kappa shape index (κ3) is 4.56. The summed E-state index contributed by atoms with van der Waals surface area (Å²) in [7, 11) is 0. The Morgan fingerprint density at radius 2 is 1.63 bits per heavy atom. The average Bonchev–Trinajstić information content (AvgIpc) is 3.23. The fraction of sp³-hybridized carbons (Fsp3) is 0.476. The van der Waals surface area contributed by atoms with E-state index in [1.807, 2.05) is 0 Å². The highest BCUT2D eigenvalue weighted by molar-refractivity contribution is 5.92. The Bertz CT molecular complexity index is 747. The molecule has 1 aliphatic heterocycles. The minimum Gasteiger partial charge on any atom is -0.372 e. The van der Waals surface area contributed by atoms with Gasteiger partial charge in [-0.25, -0.2) is 0 Å². The molecule has 0 radical (unpaired) electrons. The minimum absolute atomic E-state index is 0.133. The average molecular weight is 365 g/mol. The lowest BCUT2D eigenvalue weighted by Crippen LogP contribution is -2.33. The topological polar surface area (TPSA) is 70.2 Å². The van der Waals surface area contributed by atoms with Gasteiger partial charge in [0.2, 0.25) is 0 Å². The van der Waals surface area contributed by atoms with Crippen LogP contribution in [-0.2, 0) is 0 Å². The van der Waals surface area contributed by atoms with Crippen LogP contribution in [0.2, 0.25) is 0 Å². The summed E-state index contributed by atoms with van der Waals surface area (Å²) >= 11 is 0. The molecule has 0 bridgehead atoms. The first-order valence-electron chi connectivity index (χ1n) is 10.0. The number of carbonyl (C=O) groups excluding carboxylic acids is 1. The van der Waals surface area contributed by atoms with E-state index in [1.165, 1.54) is 37.8 Å². The van der Waals surface area contributed by atoms with Crippen molar-refractivity contribution in [1.29, 1.82) is 0 Å². The van der Waals surface area contributed by atoms with Gasteiger partial charge in [-0.1, -0.05) is 12.8 Å². The van der Waals surface area contributed by atoms with Crippen LogP contribution in [0.25, 0.3) is 0 Å². The molecule has 4 rings (SSSR count). The van der Waals surface area contributed by atoms with Crippen LogP contribution in [0.3, 0.4) is 0 Å². The smallest absolute Gasteiger partial charge is 0.272 e. The molecule has 1 aromatic heterocycles. The quantitative estimate of drug-likeness (QED) is 0.841. The van der Waals surface area contributed by atoms with E-state index < -0.39 is 0 Å². The molecule has 2 aromatic rings. The van der Waals surface area contributed by atoms with Gasteiger partial charge in [0.1, 0.15) is 0 Å². The number of amides is 1. The summed E-state index contributed by atoms with van der Waals surface area (Å²) in [6, 6.07) is 12.2. The Labute approximate surface area is 160 Å². The maximum atomic E-state index is 12.2. The Balaban J connectivity index is 1.34. The molecule has 6 heteroatoms. The van der Waals surface area contributed by atoms with Crippen molar-refractivity contribution in [2.24, 2.45) is 0 Å². The largest absolute Gasteiger partial charge is 0.372 e. The maximum Gasteiger partial charge on any atom is 0.272 e. The van der Waals surface area contributed by atoms with Crippen molar-refractivity contribution in [1.82, 2.24) is 15.5 Å². The summed E-state index contributed by atoms with van der Waals surface area (Å²) in [6.45, 7) is 2.28. The van der Waals surface area contributed by atoms with Crippen LogP contribution in [0, 0.1) is 0 Å². The van der Waals surface area contributed by atoms with Gasteiger partial charge >= 0.3 is 0 Å². The number of nitrogens with zero attached hydrogens (tertiary/aromatic N) is 3. The van der Waals surface area contributed by atoms with Crippen molar-refractivity contribution in [2.45, 2.75) is 51.0 Å². The number of carbonyl (C=O) groups is 1. The van der Waals surface area contributed by atoms with Gasteiger partial charge in [-0.05, 0) is 68.5 Å². The van der Waals surface area contributed by atoms with Crippen molar-refractivity contribution < 1.29 is 4.79 Å². The van der Waals surface area contributed by atoms with E-state index in [0.717, 1.165) is 31.6 Å². The van der Waals surface area contributed by atoms with Crippen LogP contribution < -0.4 is 15.5 Å². The molecule has 0 atom stereocenters. The SMILES string of the molecule is O=C(NC1CCCC1)c1ccc(Nc2ccc(N3CCCCC3)cc2)nn1. The Kier molecular flexibility index (Phi) is 5.51. The molecule has 6 nitrogen and oxygen atoms in total. The molecular formula is C21H27N5O. The van der Waals surface area contributed by atoms with E-state index in [-0.39, 0.29) is 11.9 Å². The second kappa shape index (κ2) is 8.37. The van der Waals surface area contributed by atoms with E-state index in [4.69, 9.17) is 0 Å². The molecule has 2 fully saturated rings. The van der Waals surface area contributed by atoms with Gasteiger partial charge in [0.05, 0.1) is 0 Å². The van der Waals surface area contributed by atoms with Crippen LogP contribution in [0.15, 0.2) is 36.4 Å². The van der Waals surface area contributed by atoms with Gasteiger partial charge in [-0.3, -0.25) is 4.79 Å². The third-order valence-electron chi connectivity index (χ3n) is 5.45. The molecule has 2 aliphatic rings. The highest BCUT2D eigenvalue weighted by Crippen LogP contribution is 2.23.